The predicted molar refractivity (Wildman–Crippen MR) is 165 cm³/mol. The fraction of sp³-hybridized carbons (Fsp3) is 0.0741. The molecule has 0 aliphatic rings. The molecule has 48 heavy (non-hydrogen) atoms. The zero-order chi connectivity index (χ0) is 34.3. The molecule has 2 aromatic heterocycles. The molecule has 1 radical (unpaired) electrons. The first-order valence-electron chi connectivity index (χ1n) is 12.8. The zero-order valence-corrected chi connectivity index (χ0v) is 26.9. The van der Waals surface area contributed by atoms with Crippen LogP contribution in [-0.4, -0.2) is 54.3 Å². The van der Waals surface area contributed by atoms with E-state index in [1.165, 1.54) is 36.7 Å². The summed E-state index contributed by atoms with van der Waals surface area (Å²) in [5, 5.41) is 60.4. The summed E-state index contributed by atoms with van der Waals surface area (Å²) >= 11 is 0.528. The average Bonchev–Trinajstić information content (AvgIpc) is 3.31. The van der Waals surface area contributed by atoms with Gasteiger partial charge in [-0.25, -0.2) is 9.94 Å². The number of carbonyl (C=O) groups is 1. The van der Waals surface area contributed by atoms with Crippen molar-refractivity contribution in [1.29, 1.82) is 0 Å². The molecular formula is C27H23CuN7O11S2. The van der Waals surface area contributed by atoms with Crippen molar-refractivity contribution >= 4 is 61.7 Å². The van der Waals surface area contributed by atoms with E-state index in [-0.39, 0.29) is 55.4 Å². The Labute approximate surface area is 284 Å². The van der Waals surface area contributed by atoms with Gasteiger partial charge in [-0.05, 0) is 66.9 Å². The Morgan fingerprint density at radius 1 is 1.00 bits per heavy atom. The van der Waals surface area contributed by atoms with Gasteiger partial charge in [-0.1, -0.05) is 5.04 Å². The number of carboxylic acid groups (broad SMARTS) is 1. The van der Waals surface area contributed by atoms with Crippen molar-refractivity contribution in [3.63, 3.8) is 0 Å². The van der Waals surface area contributed by atoms with Crippen molar-refractivity contribution in [2.24, 2.45) is 20.5 Å². The molecule has 0 bridgehead atoms. The minimum Gasteiger partial charge on any atom is -0.505 e. The summed E-state index contributed by atoms with van der Waals surface area (Å²) in [6.45, 7) is 2.69. The van der Waals surface area contributed by atoms with Crippen LogP contribution in [0.15, 0.2) is 102 Å². The van der Waals surface area contributed by atoms with Gasteiger partial charge in [0.05, 0.1) is 45.1 Å². The van der Waals surface area contributed by atoms with Crippen LogP contribution in [-0.2, 0) is 41.4 Å². The van der Waals surface area contributed by atoms with Crippen LogP contribution in [0.3, 0.4) is 0 Å². The number of pyridine rings is 1. The van der Waals surface area contributed by atoms with Gasteiger partial charge in [0.25, 0.3) is 21.6 Å². The Morgan fingerprint density at radius 2 is 1.67 bits per heavy atom. The molecule has 0 aliphatic carbocycles. The first-order valence-corrected chi connectivity index (χ1v) is 15.0. The Hall–Kier alpha value is -4.99. The molecule has 5 aromatic rings. The first-order chi connectivity index (χ1) is 22.3. The van der Waals surface area contributed by atoms with Gasteiger partial charge in [0, 0.05) is 35.6 Å². The summed E-state index contributed by atoms with van der Waals surface area (Å²) in [6, 6.07) is 12.6. The number of nitrogens with one attached hydrogen (secondary N) is 1. The number of aromatic amines is 1. The van der Waals surface area contributed by atoms with Gasteiger partial charge in [-0.3, -0.25) is 24.2 Å². The van der Waals surface area contributed by atoms with E-state index in [2.05, 4.69) is 39.9 Å². The Morgan fingerprint density at radius 3 is 2.29 bits per heavy atom. The topological polar surface area (TPSA) is 271 Å². The van der Waals surface area contributed by atoms with Crippen LogP contribution in [0, 0.1) is 6.92 Å². The number of azo groups is 2. The number of rotatable bonds is 9. The van der Waals surface area contributed by atoms with Crippen LogP contribution in [0.2, 0.25) is 0 Å². The van der Waals surface area contributed by atoms with Crippen LogP contribution in [0.4, 0.5) is 22.7 Å². The number of H-pyrrole nitrogens is 1. The number of aliphatic carboxylic acids is 1. The summed E-state index contributed by atoms with van der Waals surface area (Å²) in [6.07, 6.45) is 2.58. The summed E-state index contributed by atoms with van der Waals surface area (Å²) in [5.41, 5.74) is 0.455. The van der Waals surface area contributed by atoms with E-state index in [9.17, 15) is 23.4 Å². The van der Waals surface area contributed by atoms with E-state index in [1.54, 1.807) is 25.1 Å². The second-order valence-corrected chi connectivity index (χ2v) is 11.3. The number of hydrogen-bond acceptors (Lipinski definition) is 15. The smallest absolute Gasteiger partial charge is 0.300 e. The SMILES string of the molecule is CC(=O)O.Cc1[nH]n(-c2ccc(S(=O)(=O)O)cc2)c(=O)c1N=Nc1ccc2c(O)c(N=Nc3ccncc3O)c(SOOO)cc2c1.[Cu]. The van der Waals surface area contributed by atoms with Crippen molar-refractivity contribution in [3.05, 3.63) is 83.0 Å². The molecular weight excluding hydrogens is 726 g/mol. The molecule has 18 nitrogen and oxygen atoms in total. The van der Waals surface area contributed by atoms with E-state index >= 15 is 0 Å². The molecule has 255 valence electrons. The summed E-state index contributed by atoms with van der Waals surface area (Å²) in [5.74, 6) is -1.36. The minimum atomic E-state index is -4.39. The van der Waals surface area contributed by atoms with Crippen LogP contribution in [0.25, 0.3) is 16.5 Å². The Bertz CT molecular complexity index is 2170. The molecule has 0 unspecified atom stereocenters. The van der Waals surface area contributed by atoms with Gasteiger partial charge in [-0.2, -0.15) is 13.5 Å². The molecule has 6 N–H and O–H groups in total. The Balaban J connectivity index is 0.00000118. The van der Waals surface area contributed by atoms with Crippen LogP contribution >= 0.6 is 12.0 Å². The second-order valence-electron chi connectivity index (χ2n) is 9.18. The van der Waals surface area contributed by atoms with Crippen molar-refractivity contribution in [2.45, 2.75) is 23.6 Å². The van der Waals surface area contributed by atoms with Gasteiger partial charge in [0.2, 0.25) is 0 Å². The third-order valence-corrected chi connectivity index (χ3v) is 7.41. The molecule has 0 amide bonds. The molecule has 0 saturated heterocycles. The van der Waals surface area contributed by atoms with E-state index in [1.807, 2.05) is 0 Å². The number of benzene rings is 3. The fourth-order valence-electron chi connectivity index (χ4n) is 3.89. The normalized spacial score (nSPS) is 11.4. The molecule has 0 aliphatic heterocycles. The number of aromatic hydroxyl groups is 2. The number of nitrogens with zero attached hydrogens (tertiary/aromatic N) is 6. The summed E-state index contributed by atoms with van der Waals surface area (Å²) < 4.78 is 37.4. The van der Waals surface area contributed by atoms with Gasteiger partial charge in [-0.15, -0.1) is 19.7 Å². The van der Waals surface area contributed by atoms with Crippen molar-refractivity contribution in [1.82, 2.24) is 14.8 Å². The number of aryl methyl sites for hydroxylation is 1. The van der Waals surface area contributed by atoms with Gasteiger partial charge >= 0.3 is 0 Å². The Kier molecular flexibility index (Phi) is 12.7. The quantitative estimate of drug-likeness (QED) is 0.0251. The summed E-state index contributed by atoms with van der Waals surface area (Å²) in [4.78, 5) is 25.6. The zero-order valence-electron chi connectivity index (χ0n) is 24.3. The van der Waals surface area contributed by atoms with Crippen molar-refractivity contribution in [2.75, 3.05) is 0 Å². The van der Waals surface area contributed by atoms with E-state index in [0.717, 1.165) is 23.7 Å². The predicted octanol–water partition coefficient (Wildman–Crippen LogP) is 6.03. The molecule has 5 rings (SSSR count). The number of aromatic nitrogens is 3. The second kappa shape index (κ2) is 16.2. The minimum absolute atomic E-state index is 0. The molecule has 0 fully saturated rings. The van der Waals surface area contributed by atoms with Crippen LogP contribution < -0.4 is 5.56 Å². The van der Waals surface area contributed by atoms with E-state index < -0.39 is 21.6 Å². The summed E-state index contributed by atoms with van der Waals surface area (Å²) in [7, 11) is -4.39. The van der Waals surface area contributed by atoms with Crippen LogP contribution in [0.1, 0.15) is 12.6 Å². The van der Waals surface area contributed by atoms with Gasteiger partial charge in [0.1, 0.15) is 11.4 Å². The van der Waals surface area contributed by atoms with Gasteiger partial charge in [0.15, 0.2) is 17.2 Å². The van der Waals surface area contributed by atoms with Crippen molar-refractivity contribution < 1.29 is 64.8 Å². The molecule has 2 heterocycles. The largest absolute Gasteiger partial charge is 0.505 e. The van der Waals surface area contributed by atoms with Crippen LogP contribution in [0.5, 0.6) is 11.5 Å². The number of phenols is 1. The number of fused-ring (bicyclic) bond motifs is 1. The first kappa shape index (κ1) is 37.5. The third kappa shape index (κ3) is 9.08. The average molecular weight is 749 g/mol. The standard InChI is InChI=1S/C25H19N7O9S2.C2H4O2.Cu/c1-13-22(25(35)32(31-13)16-3-5-17(6-4-16)43(37,38)39)29-27-15-2-7-18-14(10-15)11-21(42-41-40-36)23(24(18)34)30-28-19-8-9-26-12-20(19)33;1-2(3)4;/h2-12,31,33-34,36H,1H3,(H,37,38,39);1H3,(H,3,4);. The fourth-order valence-corrected chi connectivity index (χ4v) is 4.87. The molecule has 3 aromatic carbocycles. The van der Waals surface area contributed by atoms with Crippen molar-refractivity contribution in [3.8, 4) is 17.2 Å². The maximum absolute atomic E-state index is 13.0. The van der Waals surface area contributed by atoms with E-state index in [4.69, 9.17) is 19.7 Å². The maximum Gasteiger partial charge on any atom is 0.300 e. The van der Waals surface area contributed by atoms with Gasteiger partial charge < -0.3 is 15.3 Å². The van der Waals surface area contributed by atoms with E-state index in [0.29, 0.717) is 39.9 Å². The third-order valence-electron chi connectivity index (χ3n) is 5.92. The molecule has 21 heteroatoms. The number of carboxylic acids is 1. The molecule has 0 spiro atoms. The number of phenolic OH excluding ortho intramolecular Hbond substituents is 1. The number of hydrogen-bond donors (Lipinski definition) is 6. The monoisotopic (exact) mass is 748 g/mol. The maximum atomic E-state index is 13.0. The molecule has 0 saturated carbocycles. The molecule has 0 atom stereocenters.